The van der Waals surface area contributed by atoms with Crippen LogP contribution in [0, 0.1) is 12.8 Å². The first kappa shape index (κ1) is 14.8. The minimum Gasteiger partial charge on any atom is -0.423 e. The highest BCUT2D eigenvalue weighted by atomic mass is 16.4. The molecular weight excluding hydrogens is 280 g/mol. The van der Waals surface area contributed by atoms with Gasteiger partial charge in [-0.05, 0) is 50.6 Å². The van der Waals surface area contributed by atoms with Crippen molar-refractivity contribution in [1.29, 1.82) is 0 Å². The van der Waals surface area contributed by atoms with Gasteiger partial charge in [0.1, 0.15) is 5.58 Å². The van der Waals surface area contributed by atoms with Crippen molar-refractivity contribution in [3.63, 3.8) is 0 Å². The summed E-state index contributed by atoms with van der Waals surface area (Å²) in [5.74, 6) is 0.431. The lowest BCUT2D eigenvalue weighted by Gasteiger charge is -2.11. The molecule has 0 radical (unpaired) electrons. The molecule has 0 aliphatic carbocycles. The Morgan fingerprint density at radius 3 is 2.95 bits per heavy atom. The van der Waals surface area contributed by atoms with Crippen LogP contribution in [0.3, 0.4) is 0 Å². The van der Waals surface area contributed by atoms with Gasteiger partial charge in [0.2, 0.25) is 5.91 Å². The van der Waals surface area contributed by atoms with Crippen molar-refractivity contribution in [2.24, 2.45) is 5.92 Å². The fourth-order valence-electron chi connectivity index (χ4n) is 3.07. The Labute approximate surface area is 128 Å². The van der Waals surface area contributed by atoms with Crippen molar-refractivity contribution < 1.29 is 9.21 Å². The predicted molar refractivity (Wildman–Crippen MR) is 86.1 cm³/mol. The SMILES string of the molecule is Cc1cc(=O)oc2cc(NC(=O)CC3CCN(C)C3)ccc12. The van der Waals surface area contributed by atoms with Crippen molar-refractivity contribution >= 4 is 22.6 Å². The largest absolute Gasteiger partial charge is 0.423 e. The van der Waals surface area contributed by atoms with Crippen molar-refractivity contribution in [3.8, 4) is 0 Å². The number of aryl methyl sites for hydroxylation is 1. The number of benzene rings is 1. The third kappa shape index (κ3) is 3.20. The summed E-state index contributed by atoms with van der Waals surface area (Å²) in [5, 5.41) is 3.78. The van der Waals surface area contributed by atoms with E-state index >= 15 is 0 Å². The zero-order chi connectivity index (χ0) is 15.7. The number of anilines is 1. The van der Waals surface area contributed by atoms with Gasteiger partial charge in [-0.25, -0.2) is 4.79 Å². The number of rotatable bonds is 3. The first-order chi connectivity index (χ1) is 10.5. The molecule has 1 unspecified atom stereocenters. The van der Waals surface area contributed by atoms with E-state index in [9.17, 15) is 9.59 Å². The van der Waals surface area contributed by atoms with Crippen LogP contribution in [0.1, 0.15) is 18.4 Å². The van der Waals surface area contributed by atoms with Gasteiger partial charge in [-0.2, -0.15) is 0 Å². The topological polar surface area (TPSA) is 62.6 Å². The van der Waals surface area contributed by atoms with Gasteiger partial charge < -0.3 is 14.6 Å². The molecule has 0 saturated carbocycles. The van der Waals surface area contributed by atoms with Crippen LogP contribution in [-0.2, 0) is 4.79 Å². The molecule has 116 valence electrons. The van der Waals surface area contributed by atoms with E-state index in [4.69, 9.17) is 4.42 Å². The number of likely N-dealkylation sites (tertiary alicyclic amines) is 1. The zero-order valence-corrected chi connectivity index (χ0v) is 12.9. The van der Waals surface area contributed by atoms with Crippen LogP contribution in [0.5, 0.6) is 0 Å². The first-order valence-electron chi connectivity index (χ1n) is 7.54. The lowest BCUT2D eigenvalue weighted by atomic mass is 10.0. The Bertz CT molecular complexity index is 766. The second-order valence-corrected chi connectivity index (χ2v) is 6.13. The van der Waals surface area contributed by atoms with Crippen LogP contribution in [0.2, 0.25) is 0 Å². The van der Waals surface area contributed by atoms with Crippen molar-refractivity contribution in [2.75, 3.05) is 25.5 Å². The molecule has 0 bridgehead atoms. The highest BCUT2D eigenvalue weighted by Crippen LogP contribution is 2.22. The van der Waals surface area contributed by atoms with Crippen LogP contribution in [0.4, 0.5) is 5.69 Å². The molecule has 2 aromatic rings. The Balaban J connectivity index is 1.73. The summed E-state index contributed by atoms with van der Waals surface area (Å²) in [6.45, 7) is 3.89. The number of carbonyl (C=O) groups excluding carboxylic acids is 1. The van der Waals surface area contributed by atoms with E-state index in [1.165, 1.54) is 6.07 Å². The van der Waals surface area contributed by atoms with Gasteiger partial charge in [-0.3, -0.25) is 4.79 Å². The van der Waals surface area contributed by atoms with E-state index in [1.54, 1.807) is 6.07 Å². The van der Waals surface area contributed by atoms with Crippen LogP contribution < -0.4 is 10.9 Å². The molecule has 0 spiro atoms. The van der Waals surface area contributed by atoms with Gasteiger partial charge in [0.15, 0.2) is 0 Å². The molecule has 5 nitrogen and oxygen atoms in total. The van der Waals surface area contributed by atoms with Crippen LogP contribution in [0.25, 0.3) is 11.0 Å². The van der Waals surface area contributed by atoms with E-state index in [0.717, 1.165) is 30.5 Å². The number of carbonyl (C=O) groups is 1. The molecule has 1 atom stereocenters. The van der Waals surface area contributed by atoms with Crippen LogP contribution in [-0.4, -0.2) is 30.9 Å². The molecule has 1 aliphatic heterocycles. The van der Waals surface area contributed by atoms with Crippen molar-refractivity contribution in [3.05, 3.63) is 40.2 Å². The number of hydrogen-bond acceptors (Lipinski definition) is 4. The van der Waals surface area contributed by atoms with Gasteiger partial charge in [0, 0.05) is 36.2 Å². The average molecular weight is 300 g/mol. The number of nitrogens with zero attached hydrogens (tertiary/aromatic N) is 1. The summed E-state index contributed by atoms with van der Waals surface area (Å²) in [6.07, 6.45) is 1.59. The highest BCUT2D eigenvalue weighted by Gasteiger charge is 2.22. The summed E-state index contributed by atoms with van der Waals surface area (Å²) in [7, 11) is 2.07. The Hall–Kier alpha value is -2.14. The lowest BCUT2D eigenvalue weighted by molar-refractivity contribution is -0.117. The molecule has 1 saturated heterocycles. The number of hydrogen-bond donors (Lipinski definition) is 1. The van der Waals surface area contributed by atoms with Gasteiger partial charge in [0.05, 0.1) is 0 Å². The Morgan fingerprint density at radius 2 is 2.23 bits per heavy atom. The molecular formula is C17H20N2O3. The molecule has 1 aromatic carbocycles. The zero-order valence-electron chi connectivity index (χ0n) is 12.9. The minimum atomic E-state index is -0.373. The molecule has 1 N–H and O–H groups in total. The average Bonchev–Trinajstić information content (AvgIpc) is 2.83. The van der Waals surface area contributed by atoms with Crippen molar-refractivity contribution in [2.45, 2.75) is 19.8 Å². The second kappa shape index (κ2) is 5.93. The fourth-order valence-corrected chi connectivity index (χ4v) is 3.07. The molecule has 1 amide bonds. The van der Waals surface area contributed by atoms with E-state index < -0.39 is 0 Å². The summed E-state index contributed by atoms with van der Waals surface area (Å²) >= 11 is 0. The van der Waals surface area contributed by atoms with Crippen LogP contribution in [0.15, 0.2) is 33.5 Å². The quantitative estimate of drug-likeness (QED) is 0.884. The number of amides is 1. The van der Waals surface area contributed by atoms with Gasteiger partial charge in [0.25, 0.3) is 0 Å². The maximum absolute atomic E-state index is 12.1. The van der Waals surface area contributed by atoms with Gasteiger partial charge >= 0.3 is 5.63 Å². The summed E-state index contributed by atoms with van der Waals surface area (Å²) in [4.78, 5) is 25.8. The second-order valence-electron chi connectivity index (χ2n) is 6.13. The maximum Gasteiger partial charge on any atom is 0.336 e. The van der Waals surface area contributed by atoms with Gasteiger partial charge in [-0.1, -0.05) is 0 Å². The summed E-state index contributed by atoms with van der Waals surface area (Å²) < 4.78 is 5.20. The molecule has 22 heavy (non-hydrogen) atoms. The van der Waals surface area contributed by atoms with E-state index in [-0.39, 0.29) is 11.5 Å². The fraction of sp³-hybridized carbons (Fsp3) is 0.412. The first-order valence-corrected chi connectivity index (χ1v) is 7.54. The third-order valence-electron chi connectivity index (χ3n) is 4.20. The molecule has 1 aromatic heterocycles. The normalized spacial score (nSPS) is 18.7. The van der Waals surface area contributed by atoms with Gasteiger partial charge in [-0.15, -0.1) is 0 Å². The maximum atomic E-state index is 12.1. The monoisotopic (exact) mass is 300 g/mol. The van der Waals surface area contributed by atoms with E-state index in [1.807, 2.05) is 19.1 Å². The molecule has 5 heteroatoms. The standard InChI is InChI=1S/C17H20N2O3/c1-11-7-17(21)22-15-9-13(3-4-14(11)15)18-16(20)8-12-5-6-19(2)10-12/h3-4,7,9,12H,5-6,8,10H2,1-2H3,(H,18,20). The lowest BCUT2D eigenvalue weighted by Crippen LogP contribution is -2.19. The Kier molecular flexibility index (Phi) is 3.98. The third-order valence-corrected chi connectivity index (χ3v) is 4.20. The van der Waals surface area contributed by atoms with E-state index in [0.29, 0.717) is 23.6 Å². The summed E-state index contributed by atoms with van der Waals surface area (Å²) in [6, 6.07) is 6.89. The van der Waals surface area contributed by atoms with Crippen molar-refractivity contribution in [1.82, 2.24) is 4.90 Å². The molecule has 1 fully saturated rings. The Morgan fingerprint density at radius 1 is 1.41 bits per heavy atom. The molecule has 3 rings (SSSR count). The molecule has 2 heterocycles. The highest BCUT2D eigenvalue weighted by molar-refractivity contribution is 5.93. The van der Waals surface area contributed by atoms with E-state index in [2.05, 4.69) is 17.3 Å². The smallest absolute Gasteiger partial charge is 0.336 e. The minimum absolute atomic E-state index is 0.00894. The number of fused-ring (bicyclic) bond motifs is 1. The number of nitrogens with one attached hydrogen (secondary N) is 1. The predicted octanol–water partition coefficient (Wildman–Crippen LogP) is 2.38. The summed E-state index contributed by atoms with van der Waals surface area (Å²) in [5.41, 5.74) is 1.67. The molecule has 1 aliphatic rings. The van der Waals surface area contributed by atoms with Crippen LogP contribution >= 0.6 is 0 Å².